The second-order valence-corrected chi connectivity index (χ2v) is 14.8. The van der Waals surface area contributed by atoms with Gasteiger partial charge in [-0.25, -0.2) is 0 Å². The quantitative estimate of drug-likeness (QED) is 0.365. The van der Waals surface area contributed by atoms with E-state index in [1.807, 2.05) is 0 Å². The average Bonchev–Trinajstić information content (AvgIpc) is 3.75. The molecule has 4 bridgehead atoms. The van der Waals surface area contributed by atoms with Gasteiger partial charge in [-0.3, -0.25) is 9.80 Å². The van der Waals surface area contributed by atoms with Crippen LogP contribution in [0.25, 0.3) is 0 Å². The van der Waals surface area contributed by atoms with E-state index in [0.717, 1.165) is 13.1 Å². The Kier molecular flexibility index (Phi) is 4.19. The lowest BCUT2D eigenvalue weighted by atomic mass is 9.56. The van der Waals surface area contributed by atoms with Crippen molar-refractivity contribution < 1.29 is 0 Å². The summed E-state index contributed by atoms with van der Waals surface area (Å²) >= 11 is 0. The molecule has 2 spiro atoms. The van der Waals surface area contributed by atoms with E-state index in [9.17, 15) is 0 Å². The van der Waals surface area contributed by atoms with Crippen molar-refractivity contribution in [3.63, 3.8) is 0 Å². The third-order valence-corrected chi connectivity index (χ3v) is 13.9. The van der Waals surface area contributed by atoms with Crippen LogP contribution in [0.5, 0.6) is 0 Å². The second-order valence-electron chi connectivity index (χ2n) is 14.8. The number of fused-ring (bicyclic) bond motifs is 8. The van der Waals surface area contributed by atoms with E-state index in [0.29, 0.717) is 36.0 Å². The lowest BCUT2D eigenvalue weighted by Gasteiger charge is -2.57. The first-order valence-corrected chi connectivity index (χ1v) is 16.7. The van der Waals surface area contributed by atoms with Crippen molar-refractivity contribution in [2.75, 3.05) is 36.0 Å². The monoisotopic (exact) mass is 552 g/mol. The molecule has 7 aliphatic heterocycles. The molecule has 42 heavy (non-hydrogen) atoms. The predicted octanol–water partition coefficient (Wildman–Crippen LogP) is 6.13. The molecule has 6 fully saturated rings. The Morgan fingerprint density at radius 1 is 0.643 bits per heavy atom. The van der Waals surface area contributed by atoms with Gasteiger partial charge < -0.3 is 9.80 Å². The Morgan fingerprint density at radius 3 is 1.55 bits per heavy atom. The lowest BCUT2D eigenvalue weighted by Crippen LogP contribution is -2.63. The summed E-state index contributed by atoms with van der Waals surface area (Å²) in [7, 11) is 0. The van der Waals surface area contributed by atoms with Gasteiger partial charge in [-0.1, -0.05) is 59.7 Å². The molecule has 11 rings (SSSR count). The van der Waals surface area contributed by atoms with E-state index in [2.05, 4.69) is 107 Å². The number of anilines is 2. The minimum atomic E-state index is 0.177. The molecular formula is C38H40N4. The molecule has 4 nitrogen and oxygen atoms in total. The van der Waals surface area contributed by atoms with Crippen molar-refractivity contribution in [1.82, 2.24) is 9.80 Å². The number of benzene rings is 2. The van der Waals surface area contributed by atoms with Gasteiger partial charge in [-0.15, -0.1) is 0 Å². The number of nitrogens with zero attached hydrogens (tertiary/aromatic N) is 4. The first kappa shape index (κ1) is 23.4. The maximum Gasteiger partial charge on any atom is 0.0681 e. The second kappa shape index (κ2) is 7.52. The van der Waals surface area contributed by atoms with E-state index in [-0.39, 0.29) is 10.8 Å². The fourth-order valence-corrected chi connectivity index (χ4v) is 12.5. The topological polar surface area (TPSA) is 13.0 Å². The molecule has 4 unspecified atom stereocenters. The summed E-state index contributed by atoms with van der Waals surface area (Å²) in [6.45, 7) is 9.33. The number of hydrogen-bond acceptors (Lipinski definition) is 4. The Balaban J connectivity index is 1.25. The molecule has 9 aliphatic rings. The molecule has 0 aromatic heterocycles. The molecule has 2 aliphatic carbocycles. The molecule has 2 aromatic carbocycles. The van der Waals surface area contributed by atoms with Gasteiger partial charge in [-0.05, 0) is 87.0 Å². The van der Waals surface area contributed by atoms with Crippen molar-refractivity contribution in [3.05, 3.63) is 107 Å². The zero-order valence-corrected chi connectivity index (χ0v) is 24.8. The SMILES string of the molecule is C/C=C1\CN2CC[C@@]34c5ccccc5N5/C=C6/C7CC8N(CC[C@@]89c8ccccc8N(/C=C(/C1CC23)[C@H]54)[C@@H]69)C/C7=C\C. The van der Waals surface area contributed by atoms with Crippen LogP contribution in [0.2, 0.25) is 0 Å². The van der Waals surface area contributed by atoms with Gasteiger partial charge in [0.25, 0.3) is 0 Å². The van der Waals surface area contributed by atoms with Crippen LogP contribution in [0, 0.1) is 11.8 Å². The van der Waals surface area contributed by atoms with E-state index in [4.69, 9.17) is 0 Å². The van der Waals surface area contributed by atoms with Crippen molar-refractivity contribution >= 4 is 11.4 Å². The number of allylic oxidation sites excluding steroid dienone is 2. The molecular weight excluding hydrogens is 512 g/mol. The summed E-state index contributed by atoms with van der Waals surface area (Å²) in [5.41, 5.74) is 13.3. The van der Waals surface area contributed by atoms with Gasteiger partial charge in [-0.2, -0.15) is 0 Å². The van der Waals surface area contributed by atoms with E-state index in [1.165, 1.54) is 50.1 Å². The highest BCUT2D eigenvalue weighted by Crippen LogP contribution is 2.67. The minimum absolute atomic E-state index is 0.177. The summed E-state index contributed by atoms with van der Waals surface area (Å²) < 4.78 is 0. The van der Waals surface area contributed by atoms with Crippen LogP contribution < -0.4 is 9.80 Å². The molecule has 0 amide bonds. The van der Waals surface area contributed by atoms with Crippen molar-refractivity contribution in [2.24, 2.45) is 11.8 Å². The fraction of sp³-hybridized carbons (Fsp3) is 0.474. The summed E-state index contributed by atoms with van der Waals surface area (Å²) in [6, 6.07) is 21.2. The van der Waals surface area contributed by atoms with Crippen molar-refractivity contribution in [3.8, 4) is 0 Å². The number of hydrogen-bond donors (Lipinski definition) is 0. The van der Waals surface area contributed by atoms with Crippen LogP contribution >= 0.6 is 0 Å². The van der Waals surface area contributed by atoms with Crippen molar-refractivity contribution in [2.45, 2.75) is 74.5 Å². The first-order valence-electron chi connectivity index (χ1n) is 16.7. The molecule has 212 valence electrons. The first-order chi connectivity index (χ1) is 20.7. The smallest absolute Gasteiger partial charge is 0.0681 e. The highest BCUT2D eigenvalue weighted by Gasteiger charge is 2.69. The summed E-state index contributed by atoms with van der Waals surface area (Å²) in [4.78, 5) is 11.4. The van der Waals surface area contributed by atoms with Gasteiger partial charge in [0.2, 0.25) is 0 Å². The largest absolute Gasteiger partial charge is 0.339 e. The minimum Gasteiger partial charge on any atom is -0.339 e. The van der Waals surface area contributed by atoms with Crippen LogP contribution in [0.15, 0.2) is 95.4 Å². The molecule has 7 heterocycles. The van der Waals surface area contributed by atoms with Gasteiger partial charge >= 0.3 is 0 Å². The third kappa shape index (κ3) is 2.33. The molecule has 2 saturated carbocycles. The number of piperidine rings is 2. The standard InChI is InChI=1S/C38H40N4/c1-3-23-19-39-15-13-37-29-9-5-8-12-32(29)42-22-28-26-18-34-38(14-16-40(34)20-24(26)4-2)30-10-6-7-11-31(30)41(36(28)38)21-27(35(37)42)25(23)17-33(37)39/h3-12,21-22,25-26,33-36H,13-20H2,1-2H3/b23-3+,24-4+,27-21-,28-22-/t25?,26?,33?,34?,35-,36-,37+,38+/m0/s1. The zero-order valence-electron chi connectivity index (χ0n) is 24.8. The maximum atomic E-state index is 2.86. The summed E-state index contributed by atoms with van der Waals surface area (Å²) in [5.74, 6) is 1.08. The van der Waals surface area contributed by atoms with Gasteiger partial charge in [0.1, 0.15) is 0 Å². The van der Waals surface area contributed by atoms with Crippen molar-refractivity contribution in [1.29, 1.82) is 0 Å². The maximum absolute atomic E-state index is 2.86. The van der Waals surface area contributed by atoms with Crippen LogP contribution in [0.3, 0.4) is 0 Å². The van der Waals surface area contributed by atoms with Crippen LogP contribution in [-0.2, 0) is 10.8 Å². The molecule has 4 saturated heterocycles. The Labute approximate surface area is 249 Å². The molecule has 8 atom stereocenters. The van der Waals surface area contributed by atoms with Gasteiger partial charge in [0.15, 0.2) is 0 Å². The highest BCUT2D eigenvalue weighted by atomic mass is 15.3. The Bertz CT molecular complexity index is 1590. The number of rotatable bonds is 0. The Morgan fingerprint density at radius 2 is 1.10 bits per heavy atom. The molecule has 2 aromatic rings. The van der Waals surface area contributed by atoms with Crippen LogP contribution in [-0.4, -0.2) is 60.1 Å². The summed E-state index contributed by atoms with van der Waals surface area (Å²) in [6.07, 6.45) is 15.5. The predicted molar refractivity (Wildman–Crippen MR) is 169 cm³/mol. The van der Waals surface area contributed by atoms with E-state index >= 15 is 0 Å². The van der Waals surface area contributed by atoms with Crippen LogP contribution in [0.1, 0.15) is 50.7 Å². The normalized spacial score (nSPS) is 46.0. The van der Waals surface area contributed by atoms with Crippen LogP contribution in [0.4, 0.5) is 11.4 Å². The number of para-hydroxylation sites is 2. The Hall–Kier alpha value is -3.08. The highest BCUT2D eigenvalue weighted by molar-refractivity contribution is 5.77. The lowest BCUT2D eigenvalue weighted by molar-refractivity contribution is 0.122. The zero-order chi connectivity index (χ0) is 27.5. The van der Waals surface area contributed by atoms with Gasteiger partial charge in [0, 0.05) is 71.6 Å². The van der Waals surface area contributed by atoms with E-state index in [1.54, 1.807) is 33.4 Å². The summed E-state index contributed by atoms with van der Waals surface area (Å²) in [5, 5.41) is 0. The third-order valence-electron chi connectivity index (χ3n) is 13.9. The fourth-order valence-electron chi connectivity index (χ4n) is 12.5. The van der Waals surface area contributed by atoms with E-state index < -0.39 is 0 Å². The average molecular weight is 553 g/mol. The molecule has 4 heteroatoms. The molecule has 0 radical (unpaired) electrons. The van der Waals surface area contributed by atoms with Gasteiger partial charge in [0.05, 0.1) is 12.1 Å². The molecule has 0 N–H and O–H groups in total.